The second-order valence-electron chi connectivity index (χ2n) is 7.12. The highest BCUT2D eigenvalue weighted by molar-refractivity contribution is 9.10. The molecule has 3 aromatic rings. The Morgan fingerprint density at radius 2 is 1.77 bits per heavy atom. The van der Waals surface area contributed by atoms with Crippen LogP contribution in [0.15, 0.2) is 70.2 Å². The molecule has 3 aromatic carbocycles. The summed E-state index contributed by atoms with van der Waals surface area (Å²) in [6.07, 6.45) is 1.39. The quantitative estimate of drug-likeness (QED) is 0.139. The first-order valence-electron chi connectivity index (χ1n) is 10.1. The lowest BCUT2D eigenvalue weighted by molar-refractivity contribution is -0.384. The van der Waals surface area contributed by atoms with Crippen molar-refractivity contribution >= 4 is 39.7 Å². The van der Waals surface area contributed by atoms with Crippen molar-refractivity contribution in [1.82, 2.24) is 5.43 Å². The van der Waals surface area contributed by atoms with Crippen LogP contribution in [0.25, 0.3) is 0 Å². The van der Waals surface area contributed by atoms with Crippen LogP contribution in [-0.2, 0) is 4.79 Å². The second kappa shape index (κ2) is 11.7. The Morgan fingerprint density at radius 3 is 2.43 bits per heavy atom. The van der Waals surface area contributed by atoms with Crippen molar-refractivity contribution in [2.24, 2.45) is 5.10 Å². The molecule has 0 atom stereocenters. The first-order chi connectivity index (χ1) is 16.8. The van der Waals surface area contributed by atoms with E-state index < -0.39 is 16.8 Å². The lowest BCUT2D eigenvalue weighted by Crippen LogP contribution is -2.24. The topological polar surface area (TPSA) is 129 Å². The number of non-ortho nitro benzene ring substituents is 1. The van der Waals surface area contributed by atoms with Crippen LogP contribution in [0.1, 0.15) is 21.5 Å². The van der Waals surface area contributed by atoms with Gasteiger partial charge >= 0.3 is 5.97 Å². The average molecular weight is 542 g/mol. The number of ether oxygens (including phenoxy) is 3. The van der Waals surface area contributed by atoms with Gasteiger partial charge in [-0.2, -0.15) is 5.10 Å². The Kier molecular flexibility index (Phi) is 8.52. The molecule has 0 aliphatic rings. The fourth-order valence-corrected chi connectivity index (χ4v) is 3.41. The van der Waals surface area contributed by atoms with Crippen molar-refractivity contribution in [3.63, 3.8) is 0 Å². The third-order valence-corrected chi connectivity index (χ3v) is 5.17. The molecular formula is C24H20BrN3O7. The second-order valence-corrected chi connectivity index (χ2v) is 7.97. The Bertz CT molecular complexity index is 1280. The molecule has 0 saturated heterocycles. The van der Waals surface area contributed by atoms with Gasteiger partial charge in [0.2, 0.25) is 0 Å². The fraction of sp³-hybridized carbons (Fsp3) is 0.125. The first kappa shape index (κ1) is 25.4. The molecule has 0 fully saturated rings. The Morgan fingerprint density at radius 1 is 1.06 bits per heavy atom. The SMILES string of the molecule is COc1cc(/C=N/NC(=O)COc2ccc(C)cc2Br)ccc1OC(=O)c1ccc([N+](=O)[O-])cc1. The maximum absolute atomic E-state index is 12.4. The molecule has 0 bridgehead atoms. The van der Waals surface area contributed by atoms with E-state index in [1.807, 2.05) is 19.1 Å². The van der Waals surface area contributed by atoms with Crippen LogP contribution < -0.4 is 19.6 Å². The molecule has 180 valence electrons. The molecule has 0 unspecified atom stereocenters. The Hall–Kier alpha value is -4.25. The van der Waals surface area contributed by atoms with Gasteiger partial charge in [0.15, 0.2) is 18.1 Å². The Balaban J connectivity index is 1.57. The molecule has 0 aliphatic heterocycles. The van der Waals surface area contributed by atoms with E-state index in [-0.39, 0.29) is 29.4 Å². The van der Waals surface area contributed by atoms with E-state index in [2.05, 4.69) is 26.5 Å². The third kappa shape index (κ3) is 7.11. The standard InChI is InChI=1S/C24H20BrN3O7/c1-15-3-9-20(19(25)11-15)34-14-23(29)27-26-13-16-4-10-21(22(12-16)33-2)35-24(30)17-5-7-18(8-6-17)28(31)32/h3-13H,14H2,1-2H3,(H,27,29)/b26-13+. The van der Waals surface area contributed by atoms with Crippen LogP contribution in [0.4, 0.5) is 5.69 Å². The normalized spacial score (nSPS) is 10.6. The number of halogens is 1. The maximum Gasteiger partial charge on any atom is 0.343 e. The average Bonchev–Trinajstić information content (AvgIpc) is 2.84. The summed E-state index contributed by atoms with van der Waals surface area (Å²) in [5.41, 5.74) is 4.00. The number of aryl methyl sites for hydroxylation is 1. The number of carbonyl (C=O) groups is 2. The van der Waals surface area contributed by atoms with Crippen molar-refractivity contribution in [3.8, 4) is 17.2 Å². The van der Waals surface area contributed by atoms with Gasteiger partial charge in [-0.25, -0.2) is 10.2 Å². The summed E-state index contributed by atoms with van der Waals surface area (Å²) in [7, 11) is 1.40. The van der Waals surface area contributed by atoms with Gasteiger partial charge in [0.1, 0.15) is 5.75 Å². The van der Waals surface area contributed by atoms with E-state index in [1.54, 1.807) is 18.2 Å². The highest BCUT2D eigenvalue weighted by atomic mass is 79.9. The number of nitro groups is 1. The van der Waals surface area contributed by atoms with Gasteiger partial charge in [-0.15, -0.1) is 0 Å². The molecule has 0 aromatic heterocycles. The predicted octanol–water partition coefficient (Wildman–Crippen LogP) is 4.42. The lowest BCUT2D eigenvalue weighted by Gasteiger charge is -2.10. The van der Waals surface area contributed by atoms with Gasteiger partial charge in [-0.05, 0) is 76.4 Å². The number of hydrazone groups is 1. The van der Waals surface area contributed by atoms with E-state index in [0.29, 0.717) is 11.3 Å². The number of nitro benzene ring substituents is 1. The highest BCUT2D eigenvalue weighted by Crippen LogP contribution is 2.29. The van der Waals surface area contributed by atoms with Crippen LogP contribution >= 0.6 is 15.9 Å². The number of methoxy groups -OCH3 is 1. The molecule has 0 saturated carbocycles. The smallest absolute Gasteiger partial charge is 0.343 e. The summed E-state index contributed by atoms with van der Waals surface area (Å²) < 4.78 is 16.8. The van der Waals surface area contributed by atoms with Gasteiger partial charge in [0.05, 0.1) is 28.3 Å². The minimum atomic E-state index is -0.702. The van der Waals surface area contributed by atoms with Crippen molar-refractivity contribution in [1.29, 1.82) is 0 Å². The molecule has 35 heavy (non-hydrogen) atoms. The van der Waals surface area contributed by atoms with Crippen LogP contribution in [-0.4, -0.2) is 36.7 Å². The number of nitrogens with one attached hydrogen (secondary N) is 1. The number of amides is 1. The number of rotatable bonds is 9. The molecule has 1 amide bonds. The van der Waals surface area contributed by atoms with E-state index in [0.717, 1.165) is 10.0 Å². The zero-order valence-corrected chi connectivity index (χ0v) is 20.3. The molecule has 3 rings (SSSR count). The van der Waals surface area contributed by atoms with E-state index >= 15 is 0 Å². The zero-order valence-electron chi connectivity index (χ0n) is 18.7. The molecule has 0 radical (unpaired) electrons. The maximum atomic E-state index is 12.4. The number of hydrogen-bond acceptors (Lipinski definition) is 8. The van der Waals surface area contributed by atoms with E-state index in [4.69, 9.17) is 14.2 Å². The molecule has 1 N–H and O–H groups in total. The minimum absolute atomic E-state index is 0.135. The largest absolute Gasteiger partial charge is 0.493 e. The number of hydrogen-bond donors (Lipinski definition) is 1. The van der Waals surface area contributed by atoms with Gasteiger partial charge in [0, 0.05) is 12.1 Å². The third-order valence-electron chi connectivity index (χ3n) is 4.55. The molecule has 11 heteroatoms. The van der Waals surface area contributed by atoms with Crippen molar-refractivity contribution < 1.29 is 28.7 Å². The number of benzene rings is 3. The van der Waals surface area contributed by atoms with Crippen LogP contribution in [0, 0.1) is 17.0 Å². The molecule has 10 nitrogen and oxygen atoms in total. The fourth-order valence-electron chi connectivity index (χ4n) is 2.80. The van der Waals surface area contributed by atoms with Crippen LogP contribution in [0.5, 0.6) is 17.2 Å². The van der Waals surface area contributed by atoms with Gasteiger partial charge in [0.25, 0.3) is 11.6 Å². The van der Waals surface area contributed by atoms with Crippen molar-refractivity contribution in [2.45, 2.75) is 6.92 Å². The monoisotopic (exact) mass is 541 g/mol. The summed E-state index contributed by atoms with van der Waals surface area (Å²) >= 11 is 3.38. The molecule has 0 spiro atoms. The molecular weight excluding hydrogens is 522 g/mol. The van der Waals surface area contributed by atoms with Gasteiger partial charge in [-0.1, -0.05) is 6.07 Å². The van der Waals surface area contributed by atoms with Gasteiger partial charge in [-0.3, -0.25) is 14.9 Å². The number of carbonyl (C=O) groups excluding carboxylic acids is 2. The highest BCUT2D eigenvalue weighted by Gasteiger charge is 2.14. The van der Waals surface area contributed by atoms with E-state index in [9.17, 15) is 19.7 Å². The predicted molar refractivity (Wildman–Crippen MR) is 131 cm³/mol. The molecule has 0 heterocycles. The zero-order chi connectivity index (χ0) is 25.4. The summed E-state index contributed by atoms with van der Waals surface area (Å²) in [5, 5.41) is 14.6. The van der Waals surface area contributed by atoms with Crippen molar-refractivity contribution in [2.75, 3.05) is 13.7 Å². The summed E-state index contributed by atoms with van der Waals surface area (Å²) in [6.45, 7) is 1.72. The summed E-state index contributed by atoms with van der Waals surface area (Å²) in [4.78, 5) is 34.5. The number of nitrogens with zero attached hydrogens (tertiary/aromatic N) is 2. The minimum Gasteiger partial charge on any atom is -0.493 e. The van der Waals surface area contributed by atoms with Gasteiger partial charge < -0.3 is 14.2 Å². The van der Waals surface area contributed by atoms with Crippen LogP contribution in [0.2, 0.25) is 0 Å². The molecule has 0 aliphatic carbocycles. The Labute approximate surface area is 208 Å². The number of esters is 1. The van der Waals surface area contributed by atoms with Crippen molar-refractivity contribution in [3.05, 3.63) is 91.9 Å². The summed E-state index contributed by atoms with van der Waals surface area (Å²) in [5.74, 6) is -0.211. The summed E-state index contributed by atoms with van der Waals surface area (Å²) in [6, 6.07) is 15.2. The lowest BCUT2D eigenvalue weighted by atomic mass is 10.2. The van der Waals surface area contributed by atoms with Crippen LogP contribution in [0.3, 0.4) is 0 Å². The van der Waals surface area contributed by atoms with E-state index in [1.165, 1.54) is 43.7 Å². The first-order valence-corrected chi connectivity index (χ1v) is 10.9.